The second-order valence-electron chi connectivity index (χ2n) is 6.49. The van der Waals surface area contributed by atoms with Gasteiger partial charge in [0.2, 0.25) is 5.76 Å². The predicted octanol–water partition coefficient (Wildman–Crippen LogP) is 4.88. The molecule has 0 bridgehead atoms. The number of aryl methyl sites for hydroxylation is 1. The summed E-state index contributed by atoms with van der Waals surface area (Å²) in [7, 11) is 0. The van der Waals surface area contributed by atoms with Crippen LogP contribution >= 0.6 is 23.1 Å². The number of thioether (sulfide) groups is 1. The summed E-state index contributed by atoms with van der Waals surface area (Å²) in [6.45, 7) is 4.43. The Morgan fingerprint density at radius 3 is 3.15 bits per heavy atom. The van der Waals surface area contributed by atoms with E-state index in [0.717, 1.165) is 34.4 Å². The summed E-state index contributed by atoms with van der Waals surface area (Å²) in [5.74, 6) is 1.92. The van der Waals surface area contributed by atoms with Crippen molar-refractivity contribution >= 4 is 39.3 Å². The lowest BCUT2D eigenvalue weighted by atomic mass is 9.89. The fraction of sp³-hybridized carbons (Fsp3) is 0.421. The van der Waals surface area contributed by atoms with Crippen LogP contribution in [-0.2, 0) is 23.3 Å². The fourth-order valence-electron chi connectivity index (χ4n) is 3.26. The minimum Gasteiger partial charge on any atom is -0.460 e. The lowest BCUT2D eigenvalue weighted by molar-refractivity contribution is 0.0488. The van der Waals surface area contributed by atoms with E-state index in [1.807, 2.05) is 6.07 Å². The monoisotopic (exact) mass is 388 g/mol. The Hall–Kier alpha value is -1.86. The number of hydrogen-bond acceptors (Lipinski definition) is 7. The number of nitrogens with zero attached hydrogens (tertiary/aromatic N) is 2. The van der Waals surface area contributed by atoms with Crippen molar-refractivity contribution in [3.05, 3.63) is 40.4 Å². The third-order valence-corrected chi connectivity index (χ3v) is 6.72. The zero-order valence-electron chi connectivity index (χ0n) is 14.8. The molecule has 0 spiro atoms. The van der Waals surface area contributed by atoms with E-state index in [1.54, 1.807) is 42.4 Å². The summed E-state index contributed by atoms with van der Waals surface area (Å²) in [6, 6.07) is 3.49. The van der Waals surface area contributed by atoms with Crippen molar-refractivity contribution in [2.45, 2.75) is 43.9 Å². The number of fused-ring (bicyclic) bond motifs is 3. The maximum Gasteiger partial charge on any atom is 0.374 e. The molecule has 26 heavy (non-hydrogen) atoms. The van der Waals surface area contributed by atoms with Crippen molar-refractivity contribution in [1.82, 2.24) is 9.97 Å². The van der Waals surface area contributed by atoms with Crippen molar-refractivity contribution in [2.75, 3.05) is 6.61 Å². The first kappa shape index (κ1) is 17.5. The largest absolute Gasteiger partial charge is 0.460 e. The van der Waals surface area contributed by atoms with Gasteiger partial charge in [0.1, 0.15) is 21.9 Å². The number of furan rings is 1. The molecule has 5 nitrogen and oxygen atoms in total. The van der Waals surface area contributed by atoms with Crippen molar-refractivity contribution < 1.29 is 13.9 Å². The van der Waals surface area contributed by atoms with Crippen molar-refractivity contribution in [3.8, 4) is 0 Å². The Labute approximate surface area is 160 Å². The highest BCUT2D eigenvalue weighted by Gasteiger charge is 2.23. The molecule has 0 aliphatic heterocycles. The lowest BCUT2D eigenvalue weighted by Crippen LogP contribution is -2.08. The first-order chi connectivity index (χ1) is 12.7. The first-order valence-corrected chi connectivity index (χ1v) is 10.6. The van der Waals surface area contributed by atoms with Gasteiger partial charge in [-0.25, -0.2) is 14.8 Å². The van der Waals surface area contributed by atoms with E-state index in [-0.39, 0.29) is 5.76 Å². The topological polar surface area (TPSA) is 65.2 Å². The highest BCUT2D eigenvalue weighted by Crippen LogP contribution is 2.41. The van der Waals surface area contributed by atoms with E-state index in [9.17, 15) is 4.79 Å². The maximum atomic E-state index is 11.7. The van der Waals surface area contributed by atoms with Gasteiger partial charge in [0.15, 0.2) is 0 Å². The Morgan fingerprint density at radius 1 is 1.42 bits per heavy atom. The van der Waals surface area contributed by atoms with Crippen molar-refractivity contribution in [2.24, 2.45) is 5.92 Å². The molecule has 1 aliphatic carbocycles. The molecule has 3 aromatic rings. The molecule has 1 aliphatic rings. The van der Waals surface area contributed by atoms with Crippen LogP contribution in [0.25, 0.3) is 10.2 Å². The molecule has 0 aromatic carbocycles. The number of esters is 1. The summed E-state index contributed by atoms with van der Waals surface area (Å²) >= 11 is 3.43. The van der Waals surface area contributed by atoms with E-state index in [1.165, 1.54) is 22.2 Å². The molecular weight excluding hydrogens is 368 g/mol. The second-order valence-corrected chi connectivity index (χ2v) is 8.53. The summed E-state index contributed by atoms with van der Waals surface area (Å²) in [6.07, 6.45) is 5.11. The van der Waals surface area contributed by atoms with Crippen molar-refractivity contribution in [1.29, 1.82) is 0 Å². The molecule has 0 fully saturated rings. The molecule has 136 valence electrons. The normalized spacial score (nSPS) is 16.6. The zero-order valence-corrected chi connectivity index (χ0v) is 16.4. The van der Waals surface area contributed by atoms with E-state index in [0.29, 0.717) is 12.4 Å². The number of carbonyl (C=O) groups is 1. The summed E-state index contributed by atoms with van der Waals surface area (Å²) < 4.78 is 10.6. The molecule has 3 heterocycles. The Bertz CT molecular complexity index is 948. The van der Waals surface area contributed by atoms with Gasteiger partial charge in [-0.3, -0.25) is 0 Å². The molecule has 4 rings (SSSR count). The summed E-state index contributed by atoms with van der Waals surface area (Å²) in [5, 5.41) is 2.21. The first-order valence-electron chi connectivity index (χ1n) is 8.79. The van der Waals surface area contributed by atoms with Crippen LogP contribution in [0.2, 0.25) is 0 Å². The lowest BCUT2D eigenvalue weighted by Gasteiger charge is -2.18. The molecule has 1 atom stereocenters. The van der Waals surface area contributed by atoms with Gasteiger partial charge in [-0.05, 0) is 49.8 Å². The third-order valence-electron chi connectivity index (χ3n) is 4.55. The molecule has 0 N–H and O–H groups in total. The molecule has 1 unspecified atom stereocenters. The predicted molar refractivity (Wildman–Crippen MR) is 103 cm³/mol. The zero-order chi connectivity index (χ0) is 18.1. The fourth-order valence-corrected chi connectivity index (χ4v) is 5.60. The quantitative estimate of drug-likeness (QED) is 0.353. The molecule has 7 heteroatoms. The van der Waals surface area contributed by atoms with Gasteiger partial charge in [0, 0.05) is 10.3 Å². The van der Waals surface area contributed by atoms with Gasteiger partial charge in [0.05, 0.1) is 12.4 Å². The Balaban J connectivity index is 1.55. The van der Waals surface area contributed by atoms with Crippen LogP contribution in [0.5, 0.6) is 0 Å². The van der Waals surface area contributed by atoms with Crippen molar-refractivity contribution in [3.63, 3.8) is 0 Å². The molecule has 0 radical (unpaired) electrons. The van der Waals surface area contributed by atoms with Gasteiger partial charge in [-0.1, -0.05) is 18.7 Å². The molecular formula is C19H20N2O3S2. The smallest absolute Gasteiger partial charge is 0.374 e. The SMILES string of the molecule is CCOC(=O)c1ccc(CSc2ncnc3sc4c(c23)CCC(C)C4)o1. The van der Waals surface area contributed by atoms with Gasteiger partial charge < -0.3 is 9.15 Å². The molecule has 0 amide bonds. The second kappa shape index (κ2) is 7.40. The van der Waals surface area contributed by atoms with E-state index < -0.39 is 5.97 Å². The Morgan fingerprint density at radius 2 is 2.31 bits per heavy atom. The standard InChI is InChI=1S/C19H20N2O3S2/c1-3-23-19(22)14-7-5-12(24-14)9-25-17-16-13-6-4-11(2)8-15(13)26-18(16)21-10-20-17/h5,7,10-11H,3-4,6,8-9H2,1-2H3. The van der Waals surface area contributed by atoms with Gasteiger partial charge >= 0.3 is 5.97 Å². The summed E-state index contributed by atoms with van der Waals surface area (Å²) in [4.78, 5) is 23.3. The van der Waals surface area contributed by atoms with Crippen LogP contribution < -0.4 is 0 Å². The number of rotatable bonds is 5. The number of aromatic nitrogens is 2. The maximum absolute atomic E-state index is 11.7. The highest BCUT2D eigenvalue weighted by atomic mass is 32.2. The van der Waals surface area contributed by atoms with Crippen LogP contribution in [0.4, 0.5) is 0 Å². The van der Waals surface area contributed by atoms with Crippen LogP contribution in [0.15, 0.2) is 27.9 Å². The van der Waals surface area contributed by atoms with Gasteiger partial charge in [-0.15, -0.1) is 11.3 Å². The van der Waals surface area contributed by atoms with Crippen LogP contribution in [-0.4, -0.2) is 22.5 Å². The number of ether oxygens (including phenoxy) is 1. The van der Waals surface area contributed by atoms with E-state index in [2.05, 4.69) is 16.9 Å². The average molecular weight is 389 g/mol. The van der Waals surface area contributed by atoms with Crippen LogP contribution in [0.1, 0.15) is 47.0 Å². The number of hydrogen-bond donors (Lipinski definition) is 0. The Kier molecular flexibility index (Phi) is 5.00. The third kappa shape index (κ3) is 3.38. The van der Waals surface area contributed by atoms with E-state index in [4.69, 9.17) is 9.15 Å². The van der Waals surface area contributed by atoms with E-state index >= 15 is 0 Å². The highest BCUT2D eigenvalue weighted by molar-refractivity contribution is 7.98. The average Bonchev–Trinajstić information content (AvgIpc) is 3.24. The number of thiophene rings is 1. The minimum absolute atomic E-state index is 0.247. The number of carbonyl (C=O) groups excluding carboxylic acids is 1. The van der Waals surface area contributed by atoms with Crippen LogP contribution in [0.3, 0.4) is 0 Å². The molecule has 0 saturated heterocycles. The van der Waals surface area contributed by atoms with Gasteiger partial charge in [0.25, 0.3) is 0 Å². The van der Waals surface area contributed by atoms with Gasteiger partial charge in [-0.2, -0.15) is 0 Å². The summed E-state index contributed by atoms with van der Waals surface area (Å²) in [5.41, 5.74) is 1.43. The minimum atomic E-state index is -0.422. The molecule has 3 aromatic heterocycles. The molecule has 0 saturated carbocycles. The van der Waals surface area contributed by atoms with Crippen LogP contribution in [0, 0.1) is 5.92 Å².